The largest absolute Gasteiger partial charge is 0.354 e. The summed E-state index contributed by atoms with van der Waals surface area (Å²) in [6.45, 7) is 0. The van der Waals surface area contributed by atoms with Crippen molar-refractivity contribution in [3.63, 3.8) is 0 Å². The van der Waals surface area contributed by atoms with Crippen LogP contribution in [0, 0.1) is 5.82 Å². The lowest BCUT2D eigenvalue weighted by atomic mass is 9.92. The van der Waals surface area contributed by atoms with Crippen molar-refractivity contribution in [2.24, 2.45) is 0 Å². The minimum Gasteiger partial charge on any atom is -0.354 e. The number of nitrogens with one attached hydrogen (secondary N) is 1. The number of H-pyrrole nitrogens is 1. The molecule has 8 aromatic carbocycles. The van der Waals surface area contributed by atoms with E-state index in [1.54, 1.807) is 6.07 Å². The lowest BCUT2D eigenvalue weighted by Crippen LogP contribution is -1.99. The van der Waals surface area contributed by atoms with Crippen LogP contribution in [-0.4, -0.2) is 14.1 Å². The molecule has 0 bridgehead atoms. The summed E-state index contributed by atoms with van der Waals surface area (Å²) in [5.41, 5.74) is 12.6. The molecule has 3 heterocycles. The third-order valence-electron chi connectivity index (χ3n) is 10.8. The van der Waals surface area contributed by atoms with Gasteiger partial charge in [0, 0.05) is 54.6 Å². The molecule has 0 amide bonds. The van der Waals surface area contributed by atoms with E-state index in [0.29, 0.717) is 5.69 Å². The highest BCUT2D eigenvalue weighted by atomic mass is 19.1. The average molecular weight is 668 g/mol. The van der Waals surface area contributed by atoms with Crippen LogP contribution in [-0.2, 0) is 0 Å². The lowest BCUT2D eigenvalue weighted by Gasteiger charge is -2.15. The van der Waals surface area contributed by atoms with Crippen molar-refractivity contribution >= 4 is 65.4 Å². The molecule has 3 aromatic heterocycles. The Bertz CT molecular complexity index is 3160. The minimum atomic E-state index is -0.253. The van der Waals surface area contributed by atoms with E-state index in [4.69, 9.17) is 0 Å². The molecule has 0 saturated carbocycles. The molecule has 0 unspecified atom stereocenters. The molecule has 52 heavy (non-hydrogen) atoms. The summed E-state index contributed by atoms with van der Waals surface area (Å²) in [4.78, 5) is 3.81. The summed E-state index contributed by atoms with van der Waals surface area (Å²) in [5.74, 6) is -0.253. The second-order valence-corrected chi connectivity index (χ2v) is 13.5. The first-order valence-electron chi connectivity index (χ1n) is 17.6. The number of hydrogen-bond acceptors (Lipinski definition) is 0. The topological polar surface area (TPSA) is 25.6 Å². The van der Waals surface area contributed by atoms with Crippen LogP contribution >= 0.6 is 0 Å². The summed E-state index contributed by atoms with van der Waals surface area (Å²) >= 11 is 0. The minimum absolute atomic E-state index is 0.253. The number of fused-ring (bicyclic) bond motifs is 9. The van der Waals surface area contributed by atoms with Gasteiger partial charge in [-0.2, -0.15) is 0 Å². The van der Waals surface area contributed by atoms with E-state index in [2.05, 4.69) is 160 Å². The summed E-state index contributed by atoms with van der Waals surface area (Å²) in [7, 11) is 0. The van der Waals surface area contributed by atoms with Crippen LogP contribution in [0.1, 0.15) is 0 Å². The van der Waals surface area contributed by atoms with E-state index < -0.39 is 0 Å². The Morgan fingerprint density at radius 2 is 0.904 bits per heavy atom. The average Bonchev–Trinajstić information content (AvgIpc) is 3.86. The first-order valence-corrected chi connectivity index (χ1v) is 17.6. The number of aromatic amines is 1. The van der Waals surface area contributed by atoms with E-state index in [0.717, 1.165) is 60.8 Å². The van der Waals surface area contributed by atoms with Crippen molar-refractivity contribution in [1.29, 1.82) is 0 Å². The molecule has 0 fully saturated rings. The highest BCUT2D eigenvalue weighted by Gasteiger charge is 2.21. The Labute approximate surface area is 298 Å². The van der Waals surface area contributed by atoms with Crippen LogP contribution in [0.5, 0.6) is 0 Å². The van der Waals surface area contributed by atoms with Crippen LogP contribution in [0.15, 0.2) is 176 Å². The SMILES string of the molecule is Fc1ccccc1-n1c2ccccc2c2cccc(-c3ccccc3-c3cccc4c3[nH]c3ccc(-n5c6ccccc6c6ccccc65)cc34)c21. The van der Waals surface area contributed by atoms with Crippen LogP contribution in [0.4, 0.5) is 4.39 Å². The molecular weight excluding hydrogens is 638 g/mol. The van der Waals surface area contributed by atoms with Gasteiger partial charge in [0.1, 0.15) is 5.82 Å². The van der Waals surface area contributed by atoms with Crippen molar-refractivity contribution in [2.45, 2.75) is 0 Å². The molecule has 0 saturated heterocycles. The van der Waals surface area contributed by atoms with E-state index in [1.807, 2.05) is 18.2 Å². The van der Waals surface area contributed by atoms with Gasteiger partial charge < -0.3 is 14.1 Å². The molecular formula is C48H30FN3. The second kappa shape index (κ2) is 11.0. The van der Waals surface area contributed by atoms with Crippen LogP contribution in [0.25, 0.3) is 99.0 Å². The van der Waals surface area contributed by atoms with Crippen LogP contribution < -0.4 is 0 Å². The Balaban J connectivity index is 1.15. The Morgan fingerprint density at radius 1 is 0.385 bits per heavy atom. The van der Waals surface area contributed by atoms with E-state index in [9.17, 15) is 0 Å². The molecule has 0 aliphatic heterocycles. The molecule has 244 valence electrons. The molecule has 4 heteroatoms. The number of hydrogen-bond donors (Lipinski definition) is 1. The van der Waals surface area contributed by atoms with Crippen LogP contribution in [0.2, 0.25) is 0 Å². The van der Waals surface area contributed by atoms with Gasteiger partial charge in [0.25, 0.3) is 0 Å². The van der Waals surface area contributed by atoms with Gasteiger partial charge in [0.15, 0.2) is 0 Å². The zero-order valence-corrected chi connectivity index (χ0v) is 28.0. The summed E-state index contributed by atoms with van der Waals surface area (Å²) in [6, 6.07) is 60.9. The third kappa shape index (κ3) is 4.06. The monoisotopic (exact) mass is 667 g/mol. The molecule has 3 nitrogen and oxygen atoms in total. The van der Waals surface area contributed by atoms with Crippen molar-refractivity contribution in [1.82, 2.24) is 14.1 Å². The first kappa shape index (κ1) is 28.9. The zero-order valence-electron chi connectivity index (χ0n) is 28.0. The van der Waals surface area contributed by atoms with E-state index >= 15 is 4.39 Å². The number of nitrogens with zero attached hydrogens (tertiary/aromatic N) is 2. The molecule has 11 aromatic rings. The van der Waals surface area contributed by atoms with Gasteiger partial charge in [-0.3, -0.25) is 0 Å². The highest BCUT2D eigenvalue weighted by Crippen LogP contribution is 2.44. The maximum Gasteiger partial charge on any atom is 0.147 e. The van der Waals surface area contributed by atoms with Gasteiger partial charge in [-0.05, 0) is 59.7 Å². The summed E-state index contributed by atoms with van der Waals surface area (Å²) < 4.78 is 20.1. The Hall–Kier alpha value is -6.91. The fourth-order valence-electron chi connectivity index (χ4n) is 8.55. The maximum absolute atomic E-state index is 15.6. The van der Waals surface area contributed by atoms with Gasteiger partial charge in [0.2, 0.25) is 0 Å². The maximum atomic E-state index is 15.6. The number of halogens is 1. The standard InChI is InChI=1S/C48H30FN3/c49-41-22-6-10-26-46(41)52-45-25-9-5-17-35(45)39-21-12-20-38(48(39)52)32-14-2-1-13-31(32)36-18-11-19-37-40-29-30(27-28-42(40)50-47(36)37)51-43-23-7-3-15-33(43)34-16-4-8-24-44(34)51/h1-29,50H. The van der Waals surface area contributed by atoms with E-state index in [1.165, 1.54) is 38.6 Å². The number of benzene rings is 8. The third-order valence-corrected chi connectivity index (χ3v) is 10.8. The number of rotatable bonds is 4. The Kier molecular flexibility index (Phi) is 6.13. The van der Waals surface area contributed by atoms with Gasteiger partial charge in [-0.1, -0.05) is 127 Å². The van der Waals surface area contributed by atoms with E-state index in [-0.39, 0.29) is 5.82 Å². The first-order chi connectivity index (χ1) is 25.7. The van der Waals surface area contributed by atoms with Gasteiger partial charge in [0.05, 0.1) is 33.3 Å². The molecule has 0 aliphatic rings. The molecule has 0 spiro atoms. The highest BCUT2D eigenvalue weighted by molar-refractivity contribution is 6.17. The fourth-order valence-corrected chi connectivity index (χ4v) is 8.55. The van der Waals surface area contributed by atoms with Gasteiger partial charge in [-0.25, -0.2) is 4.39 Å². The van der Waals surface area contributed by atoms with Crippen LogP contribution in [0.3, 0.4) is 0 Å². The fraction of sp³-hybridized carbons (Fsp3) is 0. The Morgan fingerprint density at radius 3 is 1.62 bits per heavy atom. The van der Waals surface area contributed by atoms with Gasteiger partial charge in [-0.15, -0.1) is 0 Å². The molecule has 11 rings (SSSR count). The molecule has 1 N–H and O–H groups in total. The smallest absolute Gasteiger partial charge is 0.147 e. The van der Waals surface area contributed by atoms with Crippen molar-refractivity contribution in [3.8, 4) is 33.6 Å². The van der Waals surface area contributed by atoms with Gasteiger partial charge >= 0.3 is 0 Å². The molecule has 0 aliphatic carbocycles. The summed E-state index contributed by atoms with van der Waals surface area (Å²) in [5, 5.41) is 7.03. The number of para-hydroxylation sites is 6. The predicted octanol–water partition coefficient (Wildman–Crippen LogP) is 13.0. The quantitative estimate of drug-likeness (QED) is 0.193. The molecule has 0 radical (unpaired) electrons. The summed E-state index contributed by atoms with van der Waals surface area (Å²) in [6.07, 6.45) is 0. The second-order valence-electron chi connectivity index (χ2n) is 13.5. The van der Waals surface area contributed by atoms with Crippen molar-refractivity contribution in [2.75, 3.05) is 0 Å². The van der Waals surface area contributed by atoms with Crippen molar-refractivity contribution in [3.05, 3.63) is 182 Å². The van der Waals surface area contributed by atoms with Crippen molar-refractivity contribution < 1.29 is 4.39 Å². The predicted molar refractivity (Wildman–Crippen MR) is 215 cm³/mol. The normalized spacial score (nSPS) is 11.9. The molecule has 0 atom stereocenters. The lowest BCUT2D eigenvalue weighted by molar-refractivity contribution is 0.621. The number of aromatic nitrogens is 3. The zero-order chi connectivity index (χ0) is 34.3.